The molecule has 1 saturated carbocycles. The maximum Gasteiger partial charge on any atom is 0.326 e. The molecule has 5 nitrogen and oxygen atoms in total. The molecule has 0 radical (unpaired) electrons. The summed E-state index contributed by atoms with van der Waals surface area (Å²) in [6.45, 7) is 0.596. The molecule has 102 valence electrons. The zero-order valence-electron chi connectivity index (χ0n) is 10.6. The van der Waals surface area contributed by atoms with Crippen LogP contribution in [0, 0.1) is 5.92 Å². The largest absolute Gasteiger partial charge is 0.480 e. The molecule has 2 aliphatic rings. The van der Waals surface area contributed by atoms with Crippen LogP contribution >= 0.6 is 0 Å². The maximum atomic E-state index is 11.9. The Balaban J connectivity index is 1.92. The van der Waals surface area contributed by atoms with E-state index in [1.807, 2.05) is 0 Å². The maximum absolute atomic E-state index is 11.9. The highest BCUT2D eigenvalue weighted by Gasteiger charge is 2.33. The Morgan fingerprint density at radius 1 is 1.11 bits per heavy atom. The minimum Gasteiger partial charge on any atom is -0.480 e. The van der Waals surface area contributed by atoms with Crippen LogP contribution in [0.2, 0.25) is 0 Å². The molecule has 0 unspecified atom stereocenters. The number of carboxylic acid groups (broad SMARTS) is 1. The summed E-state index contributed by atoms with van der Waals surface area (Å²) < 4.78 is 5.28. The number of aliphatic carboxylic acids is 1. The fourth-order valence-corrected chi connectivity index (χ4v) is 2.88. The zero-order chi connectivity index (χ0) is 13.0. The molecule has 1 heterocycles. The average molecular weight is 255 g/mol. The molecular formula is C13H21NO4. The van der Waals surface area contributed by atoms with Gasteiger partial charge in [0.15, 0.2) is 0 Å². The normalized spacial score (nSPS) is 26.8. The lowest BCUT2D eigenvalue weighted by Crippen LogP contribution is -2.49. The molecule has 0 aromatic heterocycles. The lowest BCUT2D eigenvalue weighted by Gasteiger charge is -2.28. The topological polar surface area (TPSA) is 75.6 Å². The minimum atomic E-state index is -0.923. The van der Waals surface area contributed by atoms with Gasteiger partial charge >= 0.3 is 5.97 Å². The van der Waals surface area contributed by atoms with Gasteiger partial charge in [0.2, 0.25) is 5.91 Å². The first-order valence-electron chi connectivity index (χ1n) is 6.83. The van der Waals surface area contributed by atoms with Crippen LogP contribution in [0.4, 0.5) is 0 Å². The second kappa shape index (κ2) is 6.18. The summed E-state index contributed by atoms with van der Waals surface area (Å²) in [5.41, 5.74) is 0. The molecule has 2 atom stereocenters. The van der Waals surface area contributed by atoms with Crippen molar-refractivity contribution in [3.05, 3.63) is 0 Å². The Hall–Kier alpha value is -1.10. The summed E-state index contributed by atoms with van der Waals surface area (Å²) in [4.78, 5) is 23.2. The lowest BCUT2D eigenvalue weighted by atomic mass is 9.84. The van der Waals surface area contributed by atoms with E-state index in [4.69, 9.17) is 4.74 Å². The molecule has 2 fully saturated rings. The third-order valence-corrected chi connectivity index (χ3v) is 3.91. The van der Waals surface area contributed by atoms with Gasteiger partial charge in [-0.1, -0.05) is 19.3 Å². The van der Waals surface area contributed by atoms with Gasteiger partial charge < -0.3 is 15.2 Å². The Morgan fingerprint density at radius 3 is 2.39 bits per heavy atom. The van der Waals surface area contributed by atoms with Crippen LogP contribution in [0.3, 0.4) is 0 Å². The molecule has 1 amide bonds. The average Bonchev–Trinajstić information content (AvgIpc) is 2.90. The Morgan fingerprint density at radius 2 is 1.83 bits per heavy atom. The van der Waals surface area contributed by atoms with Gasteiger partial charge in [-0.3, -0.25) is 4.79 Å². The molecule has 2 rings (SSSR count). The van der Waals surface area contributed by atoms with Gasteiger partial charge in [0, 0.05) is 6.61 Å². The second-order valence-corrected chi connectivity index (χ2v) is 5.22. The summed E-state index contributed by atoms with van der Waals surface area (Å²) in [6.07, 6.45) is 6.19. The zero-order valence-corrected chi connectivity index (χ0v) is 10.6. The highest BCUT2D eigenvalue weighted by molar-refractivity contribution is 5.86. The third-order valence-electron chi connectivity index (χ3n) is 3.91. The molecule has 5 heteroatoms. The van der Waals surface area contributed by atoms with E-state index in [0.717, 1.165) is 32.1 Å². The summed E-state index contributed by atoms with van der Waals surface area (Å²) in [5, 5.41) is 11.9. The Labute approximate surface area is 107 Å². The molecule has 18 heavy (non-hydrogen) atoms. The van der Waals surface area contributed by atoms with Crippen LogP contribution in [0.5, 0.6) is 0 Å². The molecule has 0 aromatic rings. The highest BCUT2D eigenvalue weighted by atomic mass is 16.5. The summed E-state index contributed by atoms with van der Waals surface area (Å²) in [6, 6.07) is -0.748. The van der Waals surface area contributed by atoms with E-state index in [9.17, 15) is 14.7 Å². The monoisotopic (exact) mass is 255 g/mol. The van der Waals surface area contributed by atoms with Crippen molar-refractivity contribution in [3.63, 3.8) is 0 Å². The van der Waals surface area contributed by atoms with E-state index >= 15 is 0 Å². The predicted octanol–water partition coefficient (Wildman–Crippen LogP) is 1.32. The highest BCUT2D eigenvalue weighted by Crippen LogP contribution is 2.27. The number of hydrogen-bond acceptors (Lipinski definition) is 3. The van der Waals surface area contributed by atoms with E-state index in [1.54, 1.807) is 0 Å². The summed E-state index contributed by atoms with van der Waals surface area (Å²) >= 11 is 0. The predicted molar refractivity (Wildman–Crippen MR) is 65.1 cm³/mol. The van der Waals surface area contributed by atoms with E-state index < -0.39 is 18.1 Å². The number of ether oxygens (including phenoxy) is 1. The van der Waals surface area contributed by atoms with Crippen LogP contribution in [-0.4, -0.2) is 35.7 Å². The van der Waals surface area contributed by atoms with Crippen molar-refractivity contribution >= 4 is 11.9 Å². The molecule has 0 spiro atoms. The van der Waals surface area contributed by atoms with E-state index in [1.165, 1.54) is 6.42 Å². The van der Waals surface area contributed by atoms with E-state index in [2.05, 4.69) is 5.32 Å². The van der Waals surface area contributed by atoms with Crippen LogP contribution < -0.4 is 5.32 Å². The van der Waals surface area contributed by atoms with Crippen LogP contribution in [-0.2, 0) is 14.3 Å². The second-order valence-electron chi connectivity index (χ2n) is 5.22. The van der Waals surface area contributed by atoms with Crippen molar-refractivity contribution in [2.24, 2.45) is 5.92 Å². The molecule has 2 N–H and O–H groups in total. The molecule has 1 saturated heterocycles. The Kier molecular flexibility index (Phi) is 4.58. The van der Waals surface area contributed by atoms with E-state index in [-0.39, 0.29) is 11.8 Å². The van der Waals surface area contributed by atoms with Gasteiger partial charge in [0.1, 0.15) is 12.1 Å². The number of nitrogens with one attached hydrogen (secondary N) is 1. The first-order chi connectivity index (χ1) is 8.68. The van der Waals surface area contributed by atoms with Crippen molar-refractivity contribution in [2.45, 2.75) is 57.1 Å². The van der Waals surface area contributed by atoms with Gasteiger partial charge in [-0.25, -0.2) is 4.79 Å². The molecular weight excluding hydrogens is 234 g/mol. The lowest BCUT2D eigenvalue weighted by molar-refractivity contribution is -0.145. The van der Waals surface area contributed by atoms with Crippen molar-refractivity contribution in [3.8, 4) is 0 Å². The number of rotatable bonds is 4. The SMILES string of the molecule is O=C(N[C@@H](C(=O)O)C1CCCCC1)[C@@H]1CCCO1. The van der Waals surface area contributed by atoms with Crippen molar-refractivity contribution in [2.75, 3.05) is 6.61 Å². The minimum absolute atomic E-state index is 0.0709. The van der Waals surface area contributed by atoms with Crippen LogP contribution in [0.25, 0.3) is 0 Å². The van der Waals surface area contributed by atoms with Gasteiger partial charge in [-0.2, -0.15) is 0 Å². The smallest absolute Gasteiger partial charge is 0.326 e. The number of carboxylic acids is 1. The van der Waals surface area contributed by atoms with Crippen molar-refractivity contribution in [1.82, 2.24) is 5.32 Å². The molecule has 1 aliphatic carbocycles. The van der Waals surface area contributed by atoms with Crippen molar-refractivity contribution in [1.29, 1.82) is 0 Å². The Bertz CT molecular complexity index is 306. The van der Waals surface area contributed by atoms with Gasteiger partial charge in [0.25, 0.3) is 0 Å². The third kappa shape index (κ3) is 3.22. The number of amides is 1. The molecule has 0 aromatic carbocycles. The fraction of sp³-hybridized carbons (Fsp3) is 0.846. The van der Waals surface area contributed by atoms with E-state index in [0.29, 0.717) is 13.0 Å². The van der Waals surface area contributed by atoms with Crippen molar-refractivity contribution < 1.29 is 19.4 Å². The summed E-state index contributed by atoms with van der Waals surface area (Å²) in [5.74, 6) is -1.11. The summed E-state index contributed by atoms with van der Waals surface area (Å²) in [7, 11) is 0. The fourth-order valence-electron chi connectivity index (χ4n) is 2.88. The standard InChI is InChI=1S/C13H21NO4/c15-12(10-7-4-8-18-10)14-11(13(16)17)9-5-2-1-3-6-9/h9-11H,1-8H2,(H,14,15)(H,16,17)/t10-,11+/m0/s1. The number of carbonyl (C=O) groups is 2. The van der Waals surface area contributed by atoms with Crippen LogP contribution in [0.1, 0.15) is 44.9 Å². The van der Waals surface area contributed by atoms with Crippen LogP contribution in [0.15, 0.2) is 0 Å². The van der Waals surface area contributed by atoms with Gasteiger partial charge in [-0.05, 0) is 31.6 Å². The van der Waals surface area contributed by atoms with Gasteiger partial charge in [0.05, 0.1) is 0 Å². The molecule has 0 bridgehead atoms. The first kappa shape index (κ1) is 13.3. The number of hydrogen-bond donors (Lipinski definition) is 2. The first-order valence-corrected chi connectivity index (χ1v) is 6.83. The number of carbonyl (C=O) groups excluding carboxylic acids is 1. The quantitative estimate of drug-likeness (QED) is 0.794. The van der Waals surface area contributed by atoms with Gasteiger partial charge in [-0.15, -0.1) is 0 Å². The molecule has 1 aliphatic heterocycles.